The van der Waals surface area contributed by atoms with Crippen LogP contribution < -0.4 is 10.1 Å². The second-order valence-electron chi connectivity index (χ2n) is 5.98. The molecule has 0 radical (unpaired) electrons. The summed E-state index contributed by atoms with van der Waals surface area (Å²) in [7, 11) is 1.59. The molecule has 0 aliphatic rings. The number of hydrogen-bond donors (Lipinski definition) is 1. The van der Waals surface area contributed by atoms with E-state index < -0.39 is 0 Å². The maximum absolute atomic E-state index is 11.6. The summed E-state index contributed by atoms with van der Waals surface area (Å²) in [5.74, 6) is 1.74. The Morgan fingerprint density at radius 1 is 1.14 bits per heavy atom. The van der Waals surface area contributed by atoms with Crippen LogP contribution in [-0.2, 0) is 4.79 Å². The smallest absolute Gasteiger partial charge is 0.221 e. The molecule has 1 N–H and O–H groups in total. The quantitative estimate of drug-likeness (QED) is 0.573. The molecule has 0 unspecified atom stereocenters. The third kappa shape index (κ3) is 3.48. The number of carbonyl (C=O) groups excluding carboxylic acids is 1. The highest BCUT2D eigenvalue weighted by Crippen LogP contribution is 2.31. The Kier molecular flexibility index (Phi) is 4.59. The molecular formula is C20H17N5O3. The van der Waals surface area contributed by atoms with Crippen LogP contribution in [0.15, 0.2) is 65.7 Å². The first kappa shape index (κ1) is 17.5. The lowest BCUT2D eigenvalue weighted by Crippen LogP contribution is -2.08. The zero-order chi connectivity index (χ0) is 19.5. The molecule has 8 nitrogen and oxygen atoms in total. The van der Waals surface area contributed by atoms with Crippen LogP contribution in [0.4, 0.5) is 5.69 Å². The summed E-state index contributed by atoms with van der Waals surface area (Å²) in [6.07, 6.45) is 4.85. The molecule has 3 heterocycles. The van der Waals surface area contributed by atoms with Gasteiger partial charge in [-0.1, -0.05) is 0 Å². The highest BCUT2D eigenvalue weighted by molar-refractivity contribution is 5.94. The van der Waals surface area contributed by atoms with Gasteiger partial charge in [0.1, 0.15) is 17.8 Å². The normalized spacial score (nSPS) is 10.6. The highest BCUT2D eigenvalue weighted by atomic mass is 16.5. The lowest BCUT2D eigenvalue weighted by atomic mass is 10.1. The number of nitrogens with one attached hydrogen (secondary N) is 1. The second-order valence-corrected chi connectivity index (χ2v) is 5.98. The number of aromatic nitrogens is 4. The third-order valence-corrected chi connectivity index (χ3v) is 4.06. The predicted octanol–water partition coefficient (Wildman–Crippen LogP) is 3.56. The molecule has 4 aromatic rings. The predicted molar refractivity (Wildman–Crippen MR) is 103 cm³/mol. The van der Waals surface area contributed by atoms with Gasteiger partial charge >= 0.3 is 0 Å². The van der Waals surface area contributed by atoms with Crippen molar-refractivity contribution in [2.75, 3.05) is 12.4 Å². The van der Waals surface area contributed by atoms with Crippen LogP contribution in [0.3, 0.4) is 0 Å². The van der Waals surface area contributed by atoms with E-state index in [0.717, 1.165) is 5.56 Å². The van der Waals surface area contributed by atoms with E-state index in [1.165, 1.54) is 13.3 Å². The van der Waals surface area contributed by atoms with Crippen LogP contribution in [-0.4, -0.2) is 32.8 Å². The molecule has 140 valence electrons. The molecule has 0 fully saturated rings. The summed E-state index contributed by atoms with van der Waals surface area (Å²) in [5.41, 5.74) is 2.68. The van der Waals surface area contributed by atoms with E-state index >= 15 is 0 Å². The van der Waals surface area contributed by atoms with Gasteiger partial charge in [0, 0.05) is 24.8 Å². The number of ether oxygens (including phenoxy) is 1. The Bertz CT molecular complexity index is 1120. The zero-order valence-electron chi connectivity index (χ0n) is 15.3. The standard InChI is InChI=1S/C20H17N5O3/c1-13(26)23-16-6-5-14(27-2)10-15(16)18-11-20(22-12-21-18)25-8-7-17(24-25)19-4-3-9-28-19/h3-12H,1-2H3,(H,23,26). The Labute approximate surface area is 160 Å². The summed E-state index contributed by atoms with van der Waals surface area (Å²) in [6, 6.07) is 12.7. The van der Waals surface area contributed by atoms with Crippen LogP contribution in [0.2, 0.25) is 0 Å². The molecule has 8 heteroatoms. The summed E-state index contributed by atoms with van der Waals surface area (Å²) in [4.78, 5) is 20.2. The van der Waals surface area contributed by atoms with E-state index in [2.05, 4.69) is 20.4 Å². The van der Waals surface area contributed by atoms with Crippen molar-refractivity contribution in [3.8, 4) is 34.3 Å². The molecule has 0 aliphatic carbocycles. The molecule has 3 aromatic heterocycles. The number of rotatable bonds is 5. The van der Waals surface area contributed by atoms with Crippen molar-refractivity contribution >= 4 is 11.6 Å². The van der Waals surface area contributed by atoms with Crippen LogP contribution >= 0.6 is 0 Å². The van der Waals surface area contributed by atoms with Gasteiger partial charge < -0.3 is 14.5 Å². The lowest BCUT2D eigenvalue weighted by Gasteiger charge is -2.12. The van der Waals surface area contributed by atoms with Crippen LogP contribution in [0, 0.1) is 0 Å². The van der Waals surface area contributed by atoms with Crippen molar-refractivity contribution in [2.45, 2.75) is 6.92 Å². The molecule has 4 rings (SSSR count). The SMILES string of the molecule is COc1ccc(NC(C)=O)c(-c2cc(-n3ccc(-c4ccco4)n3)ncn2)c1. The number of nitrogens with zero attached hydrogens (tertiary/aromatic N) is 4. The molecule has 0 aliphatic heterocycles. The molecule has 0 bridgehead atoms. The highest BCUT2D eigenvalue weighted by Gasteiger charge is 2.13. The number of methoxy groups -OCH3 is 1. The van der Waals surface area contributed by atoms with Crippen molar-refractivity contribution in [3.05, 3.63) is 61.3 Å². The Morgan fingerprint density at radius 3 is 2.79 bits per heavy atom. The Balaban J connectivity index is 1.74. The van der Waals surface area contributed by atoms with Gasteiger partial charge in [-0.25, -0.2) is 14.6 Å². The molecule has 0 atom stereocenters. The number of furan rings is 1. The molecule has 1 aromatic carbocycles. The van der Waals surface area contributed by atoms with Gasteiger partial charge in [0.05, 0.1) is 24.8 Å². The minimum absolute atomic E-state index is 0.170. The molecule has 28 heavy (non-hydrogen) atoms. The molecule has 0 saturated carbocycles. The summed E-state index contributed by atoms with van der Waals surface area (Å²) >= 11 is 0. The minimum Gasteiger partial charge on any atom is -0.497 e. The van der Waals surface area contributed by atoms with Gasteiger partial charge in [-0.2, -0.15) is 5.10 Å². The average molecular weight is 375 g/mol. The van der Waals surface area contributed by atoms with Crippen molar-refractivity contribution in [1.82, 2.24) is 19.7 Å². The van der Waals surface area contributed by atoms with Gasteiger partial charge in [0.15, 0.2) is 11.6 Å². The van der Waals surface area contributed by atoms with E-state index in [9.17, 15) is 4.79 Å². The average Bonchev–Trinajstić information content (AvgIpc) is 3.40. The van der Waals surface area contributed by atoms with Gasteiger partial charge in [-0.15, -0.1) is 0 Å². The number of benzene rings is 1. The van der Waals surface area contributed by atoms with E-state index in [1.54, 1.807) is 42.5 Å². The van der Waals surface area contributed by atoms with Crippen LogP contribution in [0.5, 0.6) is 5.75 Å². The van der Waals surface area contributed by atoms with E-state index in [-0.39, 0.29) is 5.91 Å². The van der Waals surface area contributed by atoms with Crippen molar-refractivity contribution < 1.29 is 13.9 Å². The maximum Gasteiger partial charge on any atom is 0.221 e. The number of carbonyl (C=O) groups is 1. The number of anilines is 1. The summed E-state index contributed by atoms with van der Waals surface area (Å²) in [5, 5.41) is 7.32. The Morgan fingerprint density at radius 2 is 2.04 bits per heavy atom. The zero-order valence-corrected chi connectivity index (χ0v) is 15.3. The monoisotopic (exact) mass is 375 g/mol. The molecular weight excluding hydrogens is 358 g/mol. The third-order valence-electron chi connectivity index (χ3n) is 4.06. The van der Waals surface area contributed by atoms with E-state index in [1.807, 2.05) is 24.3 Å². The molecule has 1 amide bonds. The summed E-state index contributed by atoms with van der Waals surface area (Å²) < 4.78 is 12.3. The van der Waals surface area contributed by atoms with E-state index in [4.69, 9.17) is 9.15 Å². The second kappa shape index (κ2) is 7.36. The number of amides is 1. The minimum atomic E-state index is -0.170. The van der Waals surface area contributed by atoms with Crippen LogP contribution in [0.25, 0.3) is 28.5 Å². The van der Waals surface area contributed by atoms with Gasteiger partial charge in [-0.05, 0) is 36.4 Å². The van der Waals surface area contributed by atoms with Gasteiger partial charge in [-0.3, -0.25) is 4.79 Å². The Hall–Kier alpha value is -3.94. The largest absolute Gasteiger partial charge is 0.497 e. The molecule has 0 saturated heterocycles. The molecule has 0 spiro atoms. The fourth-order valence-corrected chi connectivity index (χ4v) is 2.79. The van der Waals surface area contributed by atoms with Crippen LogP contribution in [0.1, 0.15) is 6.92 Å². The van der Waals surface area contributed by atoms with Crippen molar-refractivity contribution in [1.29, 1.82) is 0 Å². The van der Waals surface area contributed by atoms with Crippen molar-refractivity contribution in [2.24, 2.45) is 0 Å². The van der Waals surface area contributed by atoms with E-state index in [0.29, 0.717) is 34.4 Å². The first-order valence-corrected chi connectivity index (χ1v) is 8.52. The first-order chi connectivity index (χ1) is 13.6. The van der Waals surface area contributed by atoms with Gasteiger partial charge in [0.2, 0.25) is 5.91 Å². The summed E-state index contributed by atoms with van der Waals surface area (Å²) in [6.45, 7) is 1.46. The maximum atomic E-state index is 11.6. The topological polar surface area (TPSA) is 95.1 Å². The number of hydrogen-bond acceptors (Lipinski definition) is 6. The van der Waals surface area contributed by atoms with Crippen molar-refractivity contribution in [3.63, 3.8) is 0 Å². The fourth-order valence-electron chi connectivity index (χ4n) is 2.79. The first-order valence-electron chi connectivity index (χ1n) is 8.52. The fraction of sp³-hybridized carbons (Fsp3) is 0.100. The lowest BCUT2D eigenvalue weighted by molar-refractivity contribution is -0.114. The van der Waals surface area contributed by atoms with Gasteiger partial charge in [0.25, 0.3) is 0 Å².